The Hall–Kier alpha value is -3.19. The van der Waals surface area contributed by atoms with Gasteiger partial charge >= 0.3 is 0 Å². The van der Waals surface area contributed by atoms with E-state index >= 15 is 0 Å². The van der Waals surface area contributed by atoms with Gasteiger partial charge < -0.3 is 5.11 Å². The number of rotatable bonds is 4. The summed E-state index contributed by atoms with van der Waals surface area (Å²) in [5.74, 6) is 3.80. The minimum Gasteiger partial charge on any atom is -0.511 e. The molecule has 0 amide bonds. The normalized spacial score (nSPS) is 13.1. The molecule has 3 nitrogen and oxygen atoms in total. The number of imidazole rings is 1. The van der Waals surface area contributed by atoms with Crippen LogP contribution in [0.25, 0.3) is 33.1 Å². The van der Waals surface area contributed by atoms with Crippen LogP contribution in [0.4, 0.5) is 0 Å². The zero-order chi connectivity index (χ0) is 23.3. The van der Waals surface area contributed by atoms with Crippen LogP contribution in [0.3, 0.4) is 0 Å². The summed E-state index contributed by atoms with van der Waals surface area (Å²) in [5.41, 5.74) is 4.54. The van der Waals surface area contributed by atoms with Crippen molar-refractivity contribution in [1.29, 1.82) is 0 Å². The van der Waals surface area contributed by atoms with Crippen LogP contribution in [0.5, 0.6) is 0 Å². The van der Waals surface area contributed by atoms with Crippen molar-refractivity contribution in [1.82, 2.24) is 9.55 Å². The van der Waals surface area contributed by atoms with Gasteiger partial charge in [-0.3, -0.25) is 4.57 Å². The molecule has 0 aliphatic carbocycles. The molecule has 1 heterocycles. The van der Waals surface area contributed by atoms with Crippen LogP contribution in [-0.4, -0.2) is 53.9 Å². The number of nitrogens with zero attached hydrogens (tertiary/aromatic N) is 2. The van der Waals surface area contributed by atoms with Gasteiger partial charge in [-0.05, 0) is 58.8 Å². The lowest BCUT2D eigenvalue weighted by Gasteiger charge is -2.39. The molecule has 0 aliphatic rings. The Morgan fingerprint density at radius 1 is 0.969 bits per heavy atom. The fourth-order valence-electron chi connectivity index (χ4n) is 3.97. The highest BCUT2D eigenvalue weighted by Gasteiger charge is 2.38. The summed E-state index contributed by atoms with van der Waals surface area (Å²) in [6.07, 6.45) is 5.61. The zero-order valence-corrected chi connectivity index (χ0v) is 19.7. The molecule has 0 saturated carbocycles. The van der Waals surface area contributed by atoms with E-state index in [9.17, 15) is 5.11 Å². The third kappa shape index (κ3) is 3.56. The van der Waals surface area contributed by atoms with Gasteiger partial charge in [-0.2, -0.15) is 0 Å². The average molecular weight is 412 g/mol. The van der Waals surface area contributed by atoms with Crippen molar-refractivity contribution in [3.63, 3.8) is 0 Å². The number of aromatic nitrogens is 2. The Kier molecular flexibility index (Phi) is 5.33. The number of aliphatic hydroxyl groups excluding tert-OH is 1. The quantitative estimate of drug-likeness (QED) is 0.302. The highest BCUT2D eigenvalue weighted by atomic mass is 16.3. The number of fused-ring (bicyclic) bond motifs is 2. The first-order chi connectivity index (χ1) is 15.0. The van der Waals surface area contributed by atoms with Gasteiger partial charge in [0.15, 0.2) is 0 Å². The summed E-state index contributed by atoms with van der Waals surface area (Å²) in [6.45, 7) is 1.62. The van der Waals surface area contributed by atoms with E-state index in [-0.39, 0.29) is 16.1 Å². The summed E-state index contributed by atoms with van der Waals surface area (Å²) < 4.78 is 2.29. The van der Waals surface area contributed by atoms with Crippen LogP contribution in [0, 0.1) is 12.3 Å². The zero-order valence-electron chi connectivity index (χ0n) is 19.7. The van der Waals surface area contributed by atoms with Crippen molar-refractivity contribution < 1.29 is 5.11 Å². The van der Waals surface area contributed by atoms with E-state index in [2.05, 4.69) is 92.2 Å². The topological polar surface area (TPSA) is 38.0 Å². The molecule has 32 heavy (non-hydrogen) atoms. The summed E-state index contributed by atoms with van der Waals surface area (Å²) in [7, 11) is 11.3. The van der Waals surface area contributed by atoms with Gasteiger partial charge in [-0.15, -0.1) is 11.5 Å². The molecule has 4 aromatic rings. The largest absolute Gasteiger partial charge is 0.511 e. The van der Waals surface area contributed by atoms with E-state index in [1.54, 1.807) is 6.92 Å². The van der Waals surface area contributed by atoms with Gasteiger partial charge in [0, 0.05) is 5.69 Å². The first kappa shape index (κ1) is 22.0. The van der Waals surface area contributed by atoms with Gasteiger partial charge in [-0.1, -0.05) is 36.3 Å². The number of hydrogen-bond acceptors (Lipinski definition) is 2. The average Bonchev–Trinajstić information content (AvgIpc) is 3.13. The molecule has 1 aromatic heterocycles. The maximum Gasteiger partial charge on any atom is 0.106 e. The lowest BCUT2D eigenvalue weighted by molar-refractivity contribution is 0.418. The molecule has 0 bridgehead atoms. The molecular formula is C24H25B5N2O. The molecule has 0 spiro atoms. The molecule has 0 atom stereocenters. The Labute approximate surface area is 194 Å². The lowest BCUT2D eigenvalue weighted by atomic mass is 9.23. The van der Waals surface area contributed by atoms with Crippen LogP contribution in [0.1, 0.15) is 18.3 Å². The van der Waals surface area contributed by atoms with Gasteiger partial charge in [0.25, 0.3) is 0 Å². The van der Waals surface area contributed by atoms with Crippen molar-refractivity contribution >= 4 is 66.6 Å². The van der Waals surface area contributed by atoms with Gasteiger partial charge in [0.1, 0.15) is 27.3 Å². The molecule has 0 aliphatic heterocycles. The van der Waals surface area contributed by atoms with Crippen molar-refractivity contribution in [2.75, 3.05) is 0 Å². The number of para-hydroxylation sites is 2. The highest BCUT2D eigenvalue weighted by molar-refractivity contribution is 6.67. The van der Waals surface area contributed by atoms with E-state index in [0.717, 1.165) is 38.9 Å². The standard InChI is InChI=1S/C24H25B5N2O/c1-3-19(14(2)32)17-9-8-16-13-18(11-10-15(16)12-17)31-21-7-5-4-6-20(21)30-22(31)23(25,26)24(27,28)29/h1,4-13,32H,25-29H2,2H3/b19-14-. The van der Waals surface area contributed by atoms with Crippen LogP contribution in [0.2, 0.25) is 5.11 Å². The van der Waals surface area contributed by atoms with Crippen LogP contribution in [-0.2, 0) is 5.21 Å². The van der Waals surface area contributed by atoms with Gasteiger partial charge in [0.2, 0.25) is 0 Å². The molecule has 8 heteroatoms. The van der Waals surface area contributed by atoms with Crippen LogP contribution >= 0.6 is 0 Å². The molecule has 3 aromatic carbocycles. The first-order valence-electron chi connectivity index (χ1n) is 10.9. The minimum atomic E-state index is -0.157. The predicted octanol–water partition coefficient (Wildman–Crippen LogP) is 0.493. The molecule has 0 radical (unpaired) electrons. The number of benzene rings is 3. The molecule has 4 rings (SSSR count). The lowest BCUT2D eigenvalue weighted by Crippen LogP contribution is -2.45. The van der Waals surface area contributed by atoms with Gasteiger partial charge in [0.05, 0.1) is 40.1 Å². The summed E-state index contributed by atoms with van der Waals surface area (Å²) in [4.78, 5) is 5.08. The van der Waals surface area contributed by atoms with Crippen LogP contribution < -0.4 is 0 Å². The summed E-state index contributed by atoms with van der Waals surface area (Å²) >= 11 is 0. The third-order valence-corrected chi connectivity index (χ3v) is 6.87. The predicted molar refractivity (Wildman–Crippen MR) is 150 cm³/mol. The van der Waals surface area contributed by atoms with E-state index in [4.69, 9.17) is 11.4 Å². The smallest absolute Gasteiger partial charge is 0.106 e. The van der Waals surface area contributed by atoms with E-state index in [0.29, 0.717) is 5.57 Å². The van der Waals surface area contributed by atoms with Crippen molar-refractivity contribution in [2.24, 2.45) is 0 Å². The second-order valence-corrected chi connectivity index (χ2v) is 9.99. The molecule has 0 saturated heterocycles. The van der Waals surface area contributed by atoms with E-state index < -0.39 is 0 Å². The van der Waals surface area contributed by atoms with Gasteiger partial charge in [-0.25, -0.2) is 4.98 Å². The third-order valence-electron chi connectivity index (χ3n) is 6.87. The number of hydrogen-bond donors (Lipinski definition) is 1. The maximum absolute atomic E-state index is 9.91. The summed E-state index contributed by atoms with van der Waals surface area (Å²) in [5, 5.41) is 12.0. The Bertz CT molecular complexity index is 1420. The minimum absolute atomic E-state index is 0.0258. The Balaban J connectivity index is 1.95. The fraction of sp³-hybridized carbons (Fsp3) is 0.125. The van der Waals surface area contributed by atoms with E-state index in [1.807, 2.05) is 18.2 Å². The van der Waals surface area contributed by atoms with Crippen molar-refractivity contribution in [3.8, 4) is 18.0 Å². The SMILES string of the molecule is BC(B)(B)C(B)(B)c1nc2ccccc2n1-c1ccc2cc(/C(C#C)=C(/C)O)ccc2c1. The molecular weight excluding hydrogens is 386 g/mol. The second-order valence-electron chi connectivity index (χ2n) is 9.99. The fourth-order valence-corrected chi connectivity index (χ4v) is 3.97. The molecule has 152 valence electrons. The summed E-state index contributed by atoms with van der Waals surface area (Å²) in [6, 6.07) is 20.8. The van der Waals surface area contributed by atoms with E-state index in [1.165, 1.54) is 0 Å². The Morgan fingerprint density at radius 3 is 2.28 bits per heavy atom. The van der Waals surface area contributed by atoms with Crippen molar-refractivity contribution in [2.45, 2.75) is 17.3 Å². The first-order valence-corrected chi connectivity index (χ1v) is 10.9. The van der Waals surface area contributed by atoms with Crippen molar-refractivity contribution in [3.05, 3.63) is 77.8 Å². The van der Waals surface area contributed by atoms with Crippen LogP contribution in [0.15, 0.2) is 66.4 Å². The molecule has 1 N–H and O–H groups in total. The Morgan fingerprint density at radius 2 is 1.62 bits per heavy atom. The number of terminal acetylenes is 1. The highest BCUT2D eigenvalue weighted by Crippen LogP contribution is 2.38. The second kappa shape index (κ2) is 7.75. The number of aliphatic hydroxyl groups is 1. The monoisotopic (exact) mass is 412 g/mol. The maximum atomic E-state index is 9.91. The molecule has 0 unspecified atom stereocenters. The molecule has 0 fully saturated rings. The number of allylic oxidation sites excluding steroid dienone is 2.